The van der Waals surface area contributed by atoms with Gasteiger partial charge in [0.15, 0.2) is 0 Å². The minimum Gasteiger partial charge on any atom is -0.468 e. The summed E-state index contributed by atoms with van der Waals surface area (Å²) in [5.41, 5.74) is -0.00634. The lowest BCUT2D eigenvalue weighted by Crippen LogP contribution is -2.48. The molecule has 1 atom stereocenters. The lowest BCUT2D eigenvalue weighted by molar-refractivity contribution is -0.143. The normalized spacial score (nSPS) is 14.1. The zero-order valence-electron chi connectivity index (χ0n) is 8.60. The van der Waals surface area contributed by atoms with Crippen LogP contribution in [0.2, 0.25) is 0 Å². The molecule has 0 bridgehead atoms. The highest BCUT2D eigenvalue weighted by molar-refractivity contribution is 5.75. The van der Waals surface area contributed by atoms with Gasteiger partial charge in [-0.25, -0.2) is 0 Å². The van der Waals surface area contributed by atoms with E-state index in [1.807, 2.05) is 6.92 Å². The number of methoxy groups -OCH3 is 1. The molecule has 0 aromatic heterocycles. The second-order valence-electron chi connectivity index (χ2n) is 3.63. The van der Waals surface area contributed by atoms with Gasteiger partial charge in [0.25, 0.3) is 0 Å². The van der Waals surface area contributed by atoms with Crippen molar-refractivity contribution in [3.05, 3.63) is 0 Å². The molecule has 0 radical (unpaired) electrons. The fourth-order valence-corrected chi connectivity index (χ4v) is 0.924. The first-order valence-electron chi connectivity index (χ1n) is 4.28. The third-order valence-corrected chi connectivity index (χ3v) is 2.05. The molecule has 0 saturated heterocycles. The standard InChI is InChI=1S/C9H19NO2/c1-6-9(3,4)10-7(2)8(11)12-5/h7,10H,6H2,1-5H3/t7-/m1/s1. The van der Waals surface area contributed by atoms with Crippen molar-refractivity contribution < 1.29 is 9.53 Å². The Morgan fingerprint density at radius 3 is 2.42 bits per heavy atom. The Kier molecular flexibility index (Phi) is 4.24. The second kappa shape index (κ2) is 4.45. The molecule has 0 unspecified atom stereocenters. The number of carbonyl (C=O) groups is 1. The Hall–Kier alpha value is -0.570. The zero-order chi connectivity index (χ0) is 9.78. The van der Waals surface area contributed by atoms with Gasteiger partial charge >= 0.3 is 5.97 Å². The third-order valence-electron chi connectivity index (χ3n) is 2.05. The molecule has 1 N–H and O–H groups in total. The molecule has 0 saturated carbocycles. The van der Waals surface area contributed by atoms with Gasteiger partial charge in [0.2, 0.25) is 0 Å². The van der Waals surface area contributed by atoms with E-state index in [4.69, 9.17) is 0 Å². The van der Waals surface area contributed by atoms with E-state index in [-0.39, 0.29) is 17.6 Å². The largest absolute Gasteiger partial charge is 0.468 e. The van der Waals surface area contributed by atoms with Crippen LogP contribution in [-0.4, -0.2) is 24.7 Å². The minimum atomic E-state index is -0.232. The van der Waals surface area contributed by atoms with Crippen molar-refractivity contribution in [3.8, 4) is 0 Å². The van der Waals surface area contributed by atoms with E-state index in [0.29, 0.717) is 0 Å². The highest BCUT2D eigenvalue weighted by Crippen LogP contribution is 2.08. The summed E-state index contributed by atoms with van der Waals surface area (Å²) in [6.07, 6.45) is 0.980. The number of hydrogen-bond donors (Lipinski definition) is 1. The third kappa shape index (κ3) is 3.72. The lowest BCUT2D eigenvalue weighted by Gasteiger charge is -2.27. The molecule has 0 aliphatic carbocycles. The fourth-order valence-electron chi connectivity index (χ4n) is 0.924. The van der Waals surface area contributed by atoms with E-state index >= 15 is 0 Å². The van der Waals surface area contributed by atoms with Crippen LogP contribution in [0.15, 0.2) is 0 Å². The molecule has 12 heavy (non-hydrogen) atoms. The Labute approximate surface area is 74.5 Å². The Morgan fingerprint density at radius 2 is 2.08 bits per heavy atom. The van der Waals surface area contributed by atoms with Gasteiger partial charge in [0.05, 0.1) is 7.11 Å². The fraction of sp³-hybridized carbons (Fsp3) is 0.889. The molecular weight excluding hydrogens is 154 g/mol. The summed E-state index contributed by atoms with van der Waals surface area (Å²) >= 11 is 0. The first-order valence-corrected chi connectivity index (χ1v) is 4.28. The molecule has 0 aromatic rings. The van der Waals surface area contributed by atoms with Crippen molar-refractivity contribution in [1.29, 1.82) is 0 Å². The van der Waals surface area contributed by atoms with Gasteiger partial charge < -0.3 is 4.74 Å². The highest BCUT2D eigenvalue weighted by Gasteiger charge is 2.21. The average Bonchev–Trinajstić information content (AvgIpc) is 2.02. The molecule has 3 heteroatoms. The quantitative estimate of drug-likeness (QED) is 0.652. The average molecular weight is 173 g/mol. The lowest BCUT2D eigenvalue weighted by atomic mass is 10.0. The number of rotatable bonds is 4. The van der Waals surface area contributed by atoms with Crippen molar-refractivity contribution in [2.24, 2.45) is 0 Å². The molecule has 0 heterocycles. The van der Waals surface area contributed by atoms with Gasteiger partial charge in [0.1, 0.15) is 6.04 Å². The summed E-state index contributed by atoms with van der Waals surface area (Å²) in [7, 11) is 1.40. The summed E-state index contributed by atoms with van der Waals surface area (Å²) in [4.78, 5) is 11.0. The van der Waals surface area contributed by atoms with Gasteiger partial charge in [-0.2, -0.15) is 0 Å². The van der Waals surface area contributed by atoms with Crippen LogP contribution in [0.25, 0.3) is 0 Å². The number of esters is 1. The summed E-state index contributed by atoms with van der Waals surface area (Å²) in [6.45, 7) is 8.01. The molecular formula is C9H19NO2. The van der Waals surface area contributed by atoms with Crippen LogP contribution < -0.4 is 5.32 Å². The maximum atomic E-state index is 11.0. The summed E-state index contributed by atoms with van der Waals surface area (Å²) < 4.78 is 4.60. The number of nitrogens with one attached hydrogen (secondary N) is 1. The van der Waals surface area contributed by atoms with Crippen LogP contribution in [0.1, 0.15) is 34.1 Å². The van der Waals surface area contributed by atoms with E-state index in [1.165, 1.54) is 7.11 Å². The molecule has 72 valence electrons. The Balaban J connectivity index is 3.99. The number of carbonyl (C=O) groups excluding carboxylic acids is 1. The Morgan fingerprint density at radius 1 is 1.58 bits per heavy atom. The van der Waals surface area contributed by atoms with Crippen LogP contribution in [0, 0.1) is 0 Å². The smallest absolute Gasteiger partial charge is 0.322 e. The second-order valence-corrected chi connectivity index (χ2v) is 3.63. The zero-order valence-corrected chi connectivity index (χ0v) is 8.60. The van der Waals surface area contributed by atoms with Crippen LogP contribution in [0.4, 0.5) is 0 Å². The number of hydrogen-bond acceptors (Lipinski definition) is 3. The molecule has 0 rings (SSSR count). The van der Waals surface area contributed by atoms with Crippen LogP contribution in [-0.2, 0) is 9.53 Å². The van der Waals surface area contributed by atoms with Gasteiger partial charge in [-0.05, 0) is 27.2 Å². The molecule has 0 aromatic carbocycles. The summed E-state index contributed by atoms with van der Waals surface area (Å²) in [5.74, 6) is -0.212. The maximum absolute atomic E-state index is 11.0. The van der Waals surface area contributed by atoms with Gasteiger partial charge in [-0.15, -0.1) is 0 Å². The van der Waals surface area contributed by atoms with E-state index in [1.54, 1.807) is 0 Å². The van der Waals surface area contributed by atoms with Crippen molar-refractivity contribution in [2.75, 3.05) is 7.11 Å². The van der Waals surface area contributed by atoms with Crippen LogP contribution >= 0.6 is 0 Å². The maximum Gasteiger partial charge on any atom is 0.322 e. The molecule has 0 aliphatic rings. The van der Waals surface area contributed by atoms with E-state index in [0.717, 1.165) is 6.42 Å². The molecule has 0 fully saturated rings. The van der Waals surface area contributed by atoms with Crippen molar-refractivity contribution in [2.45, 2.75) is 45.7 Å². The van der Waals surface area contributed by atoms with Gasteiger partial charge in [-0.3, -0.25) is 10.1 Å². The Bertz CT molecular complexity index is 155. The molecule has 0 amide bonds. The van der Waals surface area contributed by atoms with Crippen molar-refractivity contribution >= 4 is 5.97 Å². The number of ether oxygens (including phenoxy) is 1. The van der Waals surface area contributed by atoms with E-state index in [2.05, 4.69) is 30.8 Å². The van der Waals surface area contributed by atoms with Gasteiger partial charge in [0, 0.05) is 5.54 Å². The van der Waals surface area contributed by atoms with Gasteiger partial charge in [-0.1, -0.05) is 6.92 Å². The van der Waals surface area contributed by atoms with Crippen molar-refractivity contribution in [1.82, 2.24) is 5.32 Å². The van der Waals surface area contributed by atoms with E-state index in [9.17, 15) is 4.79 Å². The predicted octanol–water partition coefficient (Wildman–Crippen LogP) is 1.33. The van der Waals surface area contributed by atoms with Crippen LogP contribution in [0.3, 0.4) is 0 Å². The predicted molar refractivity (Wildman–Crippen MR) is 49.0 cm³/mol. The van der Waals surface area contributed by atoms with E-state index < -0.39 is 0 Å². The highest BCUT2D eigenvalue weighted by atomic mass is 16.5. The van der Waals surface area contributed by atoms with Crippen LogP contribution in [0.5, 0.6) is 0 Å². The SMILES string of the molecule is CCC(C)(C)N[C@H](C)C(=O)OC. The summed E-state index contributed by atoms with van der Waals surface area (Å²) in [5, 5.41) is 3.18. The van der Waals surface area contributed by atoms with Crippen molar-refractivity contribution in [3.63, 3.8) is 0 Å². The summed E-state index contributed by atoms with van der Waals surface area (Å²) in [6, 6.07) is -0.232. The monoisotopic (exact) mass is 173 g/mol. The molecule has 0 spiro atoms. The topological polar surface area (TPSA) is 38.3 Å². The first-order chi connectivity index (χ1) is 5.43. The first kappa shape index (κ1) is 11.4. The minimum absolute atomic E-state index is 0.00634. The molecule has 0 aliphatic heterocycles. The molecule has 3 nitrogen and oxygen atoms in total.